The molecule has 0 saturated carbocycles. The van der Waals surface area contributed by atoms with Crippen LogP contribution in [0.5, 0.6) is 0 Å². The molecule has 2 aromatic rings. The van der Waals surface area contributed by atoms with Gasteiger partial charge in [0, 0.05) is 0 Å². The zero-order valence-electron chi connectivity index (χ0n) is 16.3. The third kappa shape index (κ3) is 3.94. The van der Waals surface area contributed by atoms with E-state index in [2.05, 4.69) is 21.6 Å². The molecule has 1 saturated heterocycles. The Morgan fingerprint density at radius 2 is 2.07 bits per heavy atom. The van der Waals surface area contributed by atoms with Crippen molar-refractivity contribution in [2.75, 3.05) is 11.5 Å². The molecule has 3 N–H and O–H groups in total. The number of amides is 2. The molecule has 13 heteroatoms. The van der Waals surface area contributed by atoms with Gasteiger partial charge in [0.15, 0.2) is 17.7 Å². The van der Waals surface area contributed by atoms with E-state index >= 15 is 0 Å². The van der Waals surface area contributed by atoms with Crippen LogP contribution in [0.4, 0.5) is 15.4 Å². The lowest BCUT2D eigenvalue weighted by Gasteiger charge is -2.24. The van der Waals surface area contributed by atoms with E-state index in [1.54, 1.807) is 20.8 Å². The SMILES string of the molecule is C=C1[C@@H](O)[C@H](n2ncc3c(N(C(=O)O)C(=O)OC(C)(C)C)nc(Cl)nc32)O[C@@H]1CO. The number of nitrogens with zero attached hydrogens (tertiary/aromatic N) is 5. The summed E-state index contributed by atoms with van der Waals surface area (Å²) in [6, 6.07) is 0. The minimum atomic E-state index is -1.65. The van der Waals surface area contributed by atoms with Crippen LogP contribution in [0.15, 0.2) is 18.3 Å². The average Bonchev–Trinajstić information content (AvgIpc) is 3.14. The minimum absolute atomic E-state index is 0.00440. The summed E-state index contributed by atoms with van der Waals surface area (Å²) in [5, 5.41) is 33.1. The second kappa shape index (κ2) is 7.80. The summed E-state index contributed by atoms with van der Waals surface area (Å²) in [4.78, 5) is 32.5. The summed E-state index contributed by atoms with van der Waals surface area (Å²) in [5.74, 6) is -0.372. The second-order valence-electron chi connectivity index (χ2n) is 7.46. The van der Waals surface area contributed by atoms with Gasteiger partial charge in [-0.15, -0.1) is 0 Å². The molecule has 30 heavy (non-hydrogen) atoms. The normalized spacial score (nSPS) is 21.8. The summed E-state index contributed by atoms with van der Waals surface area (Å²) in [5.41, 5.74) is -0.727. The number of aliphatic hydroxyl groups excluding tert-OH is 2. The molecule has 0 radical (unpaired) electrons. The van der Waals surface area contributed by atoms with E-state index in [1.165, 1.54) is 6.20 Å². The number of anilines is 1. The number of aromatic nitrogens is 4. The van der Waals surface area contributed by atoms with Crippen molar-refractivity contribution in [2.45, 2.75) is 44.8 Å². The van der Waals surface area contributed by atoms with Gasteiger partial charge in [-0.05, 0) is 37.9 Å². The highest BCUT2D eigenvalue weighted by Gasteiger charge is 2.40. The van der Waals surface area contributed by atoms with Crippen molar-refractivity contribution >= 4 is 40.6 Å². The van der Waals surface area contributed by atoms with Crippen LogP contribution in [-0.4, -0.2) is 71.7 Å². The summed E-state index contributed by atoms with van der Waals surface area (Å²) in [6.45, 7) is 8.02. The molecule has 1 aliphatic heterocycles. The third-order valence-corrected chi connectivity index (χ3v) is 4.33. The number of carbonyl (C=O) groups excluding carboxylic acids is 1. The van der Waals surface area contributed by atoms with Crippen molar-refractivity contribution in [3.05, 3.63) is 23.6 Å². The molecule has 1 fully saturated rings. The number of carbonyl (C=O) groups is 2. The lowest BCUT2D eigenvalue weighted by Crippen LogP contribution is -2.40. The molecular formula is C17H20ClN5O7. The number of hydrogen-bond acceptors (Lipinski definition) is 9. The fourth-order valence-corrected chi connectivity index (χ4v) is 3.02. The van der Waals surface area contributed by atoms with Crippen LogP contribution in [0.25, 0.3) is 11.0 Å². The predicted molar refractivity (Wildman–Crippen MR) is 103 cm³/mol. The van der Waals surface area contributed by atoms with Crippen LogP contribution in [0.3, 0.4) is 0 Å². The largest absolute Gasteiger partial charge is 0.464 e. The Balaban J connectivity index is 2.11. The molecule has 0 aliphatic carbocycles. The highest BCUT2D eigenvalue weighted by molar-refractivity contribution is 6.29. The first-order valence-corrected chi connectivity index (χ1v) is 9.12. The predicted octanol–water partition coefficient (Wildman–Crippen LogP) is 1.71. The second-order valence-corrected chi connectivity index (χ2v) is 7.80. The van der Waals surface area contributed by atoms with Gasteiger partial charge in [-0.2, -0.15) is 20.0 Å². The third-order valence-electron chi connectivity index (χ3n) is 4.16. The van der Waals surface area contributed by atoms with Crippen molar-refractivity contribution < 1.29 is 34.4 Å². The number of rotatable bonds is 3. The van der Waals surface area contributed by atoms with Crippen LogP contribution in [-0.2, 0) is 9.47 Å². The number of ether oxygens (including phenoxy) is 2. The quantitative estimate of drug-likeness (QED) is 0.472. The van der Waals surface area contributed by atoms with Gasteiger partial charge in [0.05, 0.1) is 18.2 Å². The standard InChI is InChI=1S/C17H20ClN5O7/c1-7-9(6-24)29-13(10(7)25)23-12-8(5-19-23)11(20-14(18)21-12)22(15(26)27)16(28)30-17(2,3)4/h5,9-10,13,24-25H,1,6H2,2-4H3,(H,26,27)/t9-,10-,13-/m1/s1. The van der Waals surface area contributed by atoms with Crippen molar-refractivity contribution in [3.8, 4) is 0 Å². The summed E-state index contributed by atoms with van der Waals surface area (Å²) in [6.07, 6.45) is -4.79. The van der Waals surface area contributed by atoms with Gasteiger partial charge in [0.1, 0.15) is 17.8 Å². The number of halogens is 1. The van der Waals surface area contributed by atoms with Gasteiger partial charge < -0.3 is 24.8 Å². The van der Waals surface area contributed by atoms with Crippen LogP contribution in [0, 0.1) is 0 Å². The molecule has 0 spiro atoms. The highest BCUT2D eigenvalue weighted by Crippen LogP contribution is 2.35. The van der Waals surface area contributed by atoms with Crippen molar-refractivity contribution in [2.24, 2.45) is 0 Å². The van der Waals surface area contributed by atoms with Gasteiger partial charge in [-0.25, -0.2) is 14.3 Å². The molecule has 3 heterocycles. The maximum atomic E-state index is 12.5. The molecule has 2 aromatic heterocycles. The maximum absolute atomic E-state index is 12.5. The molecule has 3 atom stereocenters. The molecule has 162 valence electrons. The van der Waals surface area contributed by atoms with Gasteiger partial charge in [0.2, 0.25) is 5.28 Å². The number of aliphatic hydroxyl groups is 2. The van der Waals surface area contributed by atoms with Crippen molar-refractivity contribution in [1.82, 2.24) is 19.7 Å². The van der Waals surface area contributed by atoms with Crippen LogP contribution < -0.4 is 4.90 Å². The molecular weight excluding hydrogens is 422 g/mol. The monoisotopic (exact) mass is 441 g/mol. The summed E-state index contributed by atoms with van der Waals surface area (Å²) >= 11 is 5.97. The van der Waals surface area contributed by atoms with Crippen LogP contribution >= 0.6 is 11.6 Å². The van der Waals surface area contributed by atoms with Gasteiger partial charge in [-0.3, -0.25) is 0 Å². The Bertz CT molecular complexity index is 1020. The molecule has 12 nitrogen and oxygen atoms in total. The van der Waals surface area contributed by atoms with E-state index in [4.69, 9.17) is 21.1 Å². The van der Waals surface area contributed by atoms with Gasteiger partial charge in [0.25, 0.3) is 0 Å². The van der Waals surface area contributed by atoms with Crippen LogP contribution in [0.1, 0.15) is 27.0 Å². The zero-order valence-corrected chi connectivity index (χ0v) is 17.1. The van der Waals surface area contributed by atoms with E-state index in [0.29, 0.717) is 0 Å². The van der Waals surface area contributed by atoms with E-state index < -0.39 is 42.8 Å². The summed E-state index contributed by atoms with van der Waals surface area (Å²) in [7, 11) is 0. The first kappa shape index (κ1) is 21.9. The Labute approximate surface area is 175 Å². The van der Waals surface area contributed by atoms with Crippen molar-refractivity contribution in [1.29, 1.82) is 0 Å². The molecule has 3 rings (SSSR count). The first-order chi connectivity index (χ1) is 13.9. The maximum Gasteiger partial charge on any atom is 0.425 e. The zero-order chi connectivity index (χ0) is 22.4. The Kier molecular flexibility index (Phi) is 5.69. The number of fused-ring (bicyclic) bond motifs is 1. The van der Waals surface area contributed by atoms with Gasteiger partial charge in [-0.1, -0.05) is 6.58 Å². The average molecular weight is 442 g/mol. The van der Waals surface area contributed by atoms with E-state index in [1.807, 2.05) is 0 Å². The molecule has 1 aliphatic rings. The van der Waals surface area contributed by atoms with Gasteiger partial charge >= 0.3 is 12.2 Å². The Hall–Kier alpha value is -2.80. The molecule has 0 bridgehead atoms. The fourth-order valence-electron chi connectivity index (χ4n) is 2.86. The fraction of sp³-hybridized carbons (Fsp3) is 0.471. The number of imide groups is 1. The topological polar surface area (TPSA) is 160 Å². The van der Waals surface area contributed by atoms with E-state index in [9.17, 15) is 24.9 Å². The number of carboxylic acid groups (broad SMARTS) is 1. The Morgan fingerprint density at radius 1 is 1.40 bits per heavy atom. The Morgan fingerprint density at radius 3 is 2.60 bits per heavy atom. The van der Waals surface area contributed by atoms with Crippen molar-refractivity contribution in [3.63, 3.8) is 0 Å². The smallest absolute Gasteiger partial charge is 0.425 e. The number of hydrogen-bond donors (Lipinski definition) is 3. The highest BCUT2D eigenvalue weighted by atomic mass is 35.5. The lowest BCUT2D eigenvalue weighted by atomic mass is 10.1. The minimum Gasteiger partial charge on any atom is -0.464 e. The van der Waals surface area contributed by atoms with Crippen LogP contribution in [0.2, 0.25) is 5.28 Å². The van der Waals surface area contributed by atoms with E-state index in [0.717, 1.165) is 4.68 Å². The lowest BCUT2D eigenvalue weighted by molar-refractivity contribution is -0.0545. The molecule has 0 aromatic carbocycles. The molecule has 2 amide bonds. The summed E-state index contributed by atoms with van der Waals surface area (Å²) < 4.78 is 11.9. The molecule has 0 unspecified atom stereocenters. The van der Waals surface area contributed by atoms with E-state index in [-0.39, 0.29) is 32.6 Å². The first-order valence-electron chi connectivity index (χ1n) is 8.74.